The van der Waals surface area contributed by atoms with Crippen LogP contribution in [0.15, 0.2) is 23.7 Å². The van der Waals surface area contributed by atoms with E-state index in [1.165, 1.54) is 25.7 Å². The van der Waals surface area contributed by atoms with E-state index in [-0.39, 0.29) is 11.9 Å². The monoisotopic (exact) mass is 300 g/mol. The molecule has 0 saturated heterocycles. The normalized spacial score (nSPS) is 28.9. The molecule has 0 spiro atoms. The molecular formula is C17H20N2OS. The third-order valence-electron chi connectivity index (χ3n) is 5.39. The summed E-state index contributed by atoms with van der Waals surface area (Å²) in [6.45, 7) is 2.18. The number of amides is 1. The fraction of sp³-hybridized carbons (Fsp3) is 0.529. The van der Waals surface area contributed by atoms with Crippen LogP contribution < -0.4 is 5.32 Å². The quantitative estimate of drug-likeness (QED) is 0.935. The summed E-state index contributed by atoms with van der Waals surface area (Å²) >= 11 is 1.58. The Morgan fingerprint density at radius 2 is 2.29 bits per heavy atom. The SMILES string of the molecule is C[C@@H](NC(=O)c1ccc2ncsc2c1)[C@@H]1C[C@H]2CC[C@H]1C2. The highest BCUT2D eigenvalue weighted by atomic mass is 32.1. The Hall–Kier alpha value is -1.42. The van der Waals surface area contributed by atoms with Crippen molar-refractivity contribution >= 4 is 27.5 Å². The van der Waals surface area contributed by atoms with Crippen molar-refractivity contribution in [2.75, 3.05) is 0 Å². The van der Waals surface area contributed by atoms with Gasteiger partial charge in [0.1, 0.15) is 0 Å². The van der Waals surface area contributed by atoms with Crippen molar-refractivity contribution < 1.29 is 4.79 Å². The van der Waals surface area contributed by atoms with Gasteiger partial charge in [0.15, 0.2) is 0 Å². The second kappa shape index (κ2) is 5.09. The van der Waals surface area contributed by atoms with E-state index in [2.05, 4.69) is 17.2 Å². The summed E-state index contributed by atoms with van der Waals surface area (Å²) in [7, 11) is 0. The van der Waals surface area contributed by atoms with Gasteiger partial charge in [-0.25, -0.2) is 4.98 Å². The molecule has 21 heavy (non-hydrogen) atoms. The average molecular weight is 300 g/mol. The van der Waals surface area contributed by atoms with Gasteiger partial charge in [-0.15, -0.1) is 11.3 Å². The highest BCUT2D eigenvalue weighted by molar-refractivity contribution is 7.16. The van der Waals surface area contributed by atoms with Gasteiger partial charge >= 0.3 is 0 Å². The van der Waals surface area contributed by atoms with Crippen molar-refractivity contribution in [1.82, 2.24) is 10.3 Å². The Kier molecular flexibility index (Phi) is 3.21. The smallest absolute Gasteiger partial charge is 0.251 e. The lowest BCUT2D eigenvalue weighted by molar-refractivity contribution is 0.0915. The highest BCUT2D eigenvalue weighted by Crippen LogP contribution is 2.49. The predicted molar refractivity (Wildman–Crippen MR) is 85.5 cm³/mol. The molecule has 0 aliphatic heterocycles. The third-order valence-corrected chi connectivity index (χ3v) is 6.18. The largest absolute Gasteiger partial charge is 0.349 e. The first kappa shape index (κ1) is 13.3. The Labute approximate surface area is 128 Å². The van der Waals surface area contributed by atoms with Crippen LogP contribution in [0.5, 0.6) is 0 Å². The molecule has 0 unspecified atom stereocenters. The van der Waals surface area contributed by atoms with Crippen LogP contribution in [0.1, 0.15) is 43.0 Å². The molecule has 110 valence electrons. The zero-order valence-corrected chi connectivity index (χ0v) is 13.0. The molecule has 1 aromatic heterocycles. The van der Waals surface area contributed by atoms with E-state index in [1.54, 1.807) is 11.3 Å². The molecule has 1 N–H and O–H groups in total. The number of nitrogens with zero attached hydrogens (tertiary/aromatic N) is 1. The van der Waals surface area contributed by atoms with Crippen LogP contribution in [0.2, 0.25) is 0 Å². The lowest BCUT2D eigenvalue weighted by atomic mass is 9.84. The van der Waals surface area contributed by atoms with Crippen LogP contribution in [0, 0.1) is 17.8 Å². The number of aromatic nitrogens is 1. The maximum absolute atomic E-state index is 12.5. The van der Waals surface area contributed by atoms with E-state index in [1.807, 2.05) is 23.7 Å². The minimum absolute atomic E-state index is 0.0561. The first-order valence-electron chi connectivity index (χ1n) is 7.85. The number of rotatable bonds is 3. The van der Waals surface area contributed by atoms with Gasteiger partial charge < -0.3 is 5.32 Å². The van der Waals surface area contributed by atoms with Crippen LogP contribution >= 0.6 is 11.3 Å². The first-order chi connectivity index (χ1) is 10.2. The number of benzene rings is 1. The zero-order valence-electron chi connectivity index (χ0n) is 12.2. The predicted octanol–water partition coefficient (Wildman–Crippen LogP) is 3.85. The number of carbonyl (C=O) groups excluding carboxylic acids is 1. The first-order valence-corrected chi connectivity index (χ1v) is 8.73. The molecular weight excluding hydrogens is 280 g/mol. The lowest BCUT2D eigenvalue weighted by Crippen LogP contribution is -2.40. The van der Waals surface area contributed by atoms with E-state index < -0.39 is 0 Å². The van der Waals surface area contributed by atoms with Crippen LogP contribution in [0.4, 0.5) is 0 Å². The van der Waals surface area contributed by atoms with Gasteiger partial charge in [0.25, 0.3) is 5.91 Å². The van der Waals surface area contributed by atoms with Gasteiger partial charge in [0.05, 0.1) is 15.7 Å². The highest BCUT2D eigenvalue weighted by Gasteiger charge is 2.42. The fourth-order valence-corrected chi connectivity index (χ4v) is 5.02. The Morgan fingerprint density at radius 1 is 1.38 bits per heavy atom. The van der Waals surface area contributed by atoms with Gasteiger partial charge in [0, 0.05) is 11.6 Å². The molecule has 1 heterocycles. The van der Waals surface area contributed by atoms with Crippen LogP contribution in [-0.2, 0) is 0 Å². The second-order valence-electron chi connectivity index (χ2n) is 6.64. The van der Waals surface area contributed by atoms with E-state index in [4.69, 9.17) is 0 Å². The molecule has 2 bridgehead atoms. The van der Waals surface area contributed by atoms with Crippen molar-refractivity contribution in [2.24, 2.45) is 17.8 Å². The number of carbonyl (C=O) groups is 1. The fourth-order valence-electron chi connectivity index (χ4n) is 4.30. The Balaban J connectivity index is 1.47. The van der Waals surface area contributed by atoms with E-state index in [0.717, 1.165) is 27.6 Å². The number of hydrogen-bond acceptors (Lipinski definition) is 3. The van der Waals surface area contributed by atoms with Crippen molar-refractivity contribution in [3.05, 3.63) is 29.3 Å². The topological polar surface area (TPSA) is 42.0 Å². The maximum atomic E-state index is 12.5. The molecule has 3 nitrogen and oxygen atoms in total. The molecule has 2 aromatic rings. The average Bonchev–Trinajstić information content (AvgIpc) is 3.21. The minimum Gasteiger partial charge on any atom is -0.349 e. The molecule has 4 rings (SSSR count). The van der Waals surface area contributed by atoms with Crippen LogP contribution in [0.3, 0.4) is 0 Å². The van der Waals surface area contributed by atoms with Gasteiger partial charge in [-0.3, -0.25) is 4.79 Å². The molecule has 2 aliphatic carbocycles. The lowest BCUT2D eigenvalue weighted by Gasteiger charge is -2.28. The van der Waals surface area contributed by atoms with E-state index in [0.29, 0.717) is 5.92 Å². The van der Waals surface area contributed by atoms with E-state index >= 15 is 0 Å². The molecule has 1 amide bonds. The summed E-state index contributed by atoms with van der Waals surface area (Å²) in [6, 6.07) is 6.05. The van der Waals surface area contributed by atoms with Crippen molar-refractivity contribution in [2.45, 2.75) is 38.6 Å². The molecule has 4 heteroatoms. The number of hydrogen-bond donors (Lipinski definition) is 1. The van der Waals surface area contributed by atoms with Gasteiger partial charge in [-0.05, 0) is 62.1 Å². The zero-order chi connectivity index (χ0) is 14.4. The Morgan fingerprint density at radius 3 is 3.05 bits per heavy atom. The van der Waals surface area contributed by atoms with Gasteiger partial charge in [0.2, 0.25) is 0 Å². The summed E-state index contributed by atoms with van der Waals surface area (Å²) < 4.78 is 1.08. The summed E-state index contributed by atoms with van der Waals surface area (Å²) in [6.07, 6.45) is 5.46. The Bertz CT molecular complexity index is 680. The summed E-state index contributed by atoms with van der Waals surface area (Å²) in [5.74, 6) is 2.50. The maximum Gasteiger partial charge on any atom is 0.251 e. The van der Waals surface area contributed by atoms with E-state index in [9.17, 15) is 4.79 Å². The summed E-state index contributed by atoms with van der Waals surface area (Å²) in [5.41, 5.74) is 3.55. The summed E-state index contributed by atoms with van der Waals surface area (Å²) in [5, 5.41) is 3.23. The molecule has 2 aliphatic rings. The third kappa shape index (κ3) is 2.35. The molecule has 2 saturated carbocycles. The number of fused-ring (bicyclic) bond motifs is 3. The molecule has 1 aromatic carbocycles. The van der Waals surface area contributed by atoms with Gasteiger partial charge in [-0.1, -0.05) is 6.42 Å². The van der Waals surface area contributed by atoms with Crippen molar-refractivity contribution in [3.63, 3.8) is 0 Å². The molecule has 4 atom stereocenters. The summed E-state index contributed by atoms with van der Waals surface area (Å²) in [4.78, 5) is 16.7. The minimum atomic E-state index is 0.0561. The van der Waals surface area contributed by atoms with Gasteiger partial charge in [-0.2, -0.15) is 0 Å². The molecule has 2 fully saturated rings. The van der Waals surface area contributed by atoms with Crippen LogP contribution in [0.25, 0.3) is 10.2 Å². The number of nitrogens with one attached hydrogen (secondary N) is 1. The van der Waals surface area contributed by atoms with Crippen molar-refractivity contribution in [3.8, 4) is 0 Å². The number of thiazole rings is 1. The molecule has 0 radical (unpaired) electrons. The second-order valence-corrected chi connectivity index (χ2v) is 7.52. The van der Waals surface area contributed by atoms with Crippen molar-refractivity contribution in [1.29, 1.82) is 0 Å². The van der Waals surface area contributed by atoms with Crippen LogP contribution in [-0.4, -0.2) is 16.9 Å². The standard InChI is InChI=1S/C17H20N2OS/c1-10(14-7-11-2-3-12(14)6-11)19-17(20)13-4-5-15-16(8-13)21-9-18-15/h4-5,8-12,14H,2-3,6-7H2,1H3,(H,19,20)/t10-,11+,12+,14+/m1/s1.